The van der Waals surface area contributed by atoms with Crippen LogP contribution in [0.2, 0.25) is 0 Å². The van der Waals surface area contributed by atoms with Gasteiger partial charge in [-0.15, -0.1) is 0 Å². The van der Waals surface area contributed by atoms with Gasteiger partial charge in [-0.1, -0.05) is 48.1 Å². The number of hydrogen-bond donors (Lipinski definition) is 0. The van der Waals surface area contributed by atoms with Gasteiger partial charge in [0.2, 0.25) is 0 Å². The van der Waals surface area contributed by atoms with E-state index in [1.807, 2.05) is 25.2 Å². The zero-order chi connectivity index (χ0) is 17.6. The topological polar surface area (TPSA) is 95.2 Å². The lowest BCUT2D eigenvalue weighted by Crippen LogP contribution is -2.23. The molecule has 0 atom stereocenters. The van der Waals surface area contributed by atoms with Gasteiger partial charge in [0.1, 0.15) is 0 Å². The molecule has 0 spiro atoms. The fraction of sp³-hybridized carbons (Fsp3) is 0.300. The van der Waals surface area contributed by atoms with E-state index in [1.54, 1.807) is 24.3 Å². The molecule has 0 amide bonds. The second-order valence-electron chi connectivity index (χ2n) is 5.93. The van der Waals surface area contributed by atoms with Crippen LogP contribution < -0.4 is 0 Å². The molecule has 0 saturated heterocycles. The first-order valence-electron chi connectivity index (χ1n) is 7.65. The van der Waals surface area contributed by atoms with Crippen LogP contribution in [-0.4, -0.2) is 0 Å². The third-order valence-corrected chi connectivity index (χ3v) is 4.42. The Labute approximate surface area is 142 Å². The summed E-state index contributed by atoms with van der Waals surface area (Å²) in [6.07, 6.45) is 6.94. The summed E-state index contributed by atoms with van der Waals surface area (Å²) in [4.78, 5) is 0. The van der Waals surface area contributed by atoms with Crippen molar-refractivity contribution in [3.05, 3.63) is 59.2 Å². The van der Waals surface area contributed by atoms with E-state index in [0.29, 0.717) is 24.0 Å². The average molecular weight is 312 g/mol. The molecular formula is C20H16N4. The monoisotopic (exact) mass is 312 g/mol. The SMILES string of the molecule is CC1=C/CCC(C#N)(C#N)c2ccc(cc2)C(C#N)(C#N)C\C=C\1. The highest BCUT2D eigenvalue weighted by atomic mass is 14.4. The van der Waals surface area contributed by atoms with Gasteiger partial charge >= 0.3 is 0 Å². The number of allylic oxidation sites excluding steroid dienone is 4. The lowest BCUT2D eigenvalue weighted by Gasteiger charge is -2.21. The molecule has 2 aliphatic rings. The molecule has 0 fully saturated rings. The minimum Gasteiger partial charge on any atom is -0.196 e. The second-order valence-corrected chi connectivity index (χ2v) is 5.93. The van der Waals surface area contributed by atoms with Crippen LogP contribution in [0.3, 0.4) is 0 Å². The van der Waals surface area contributed by atoms with Crippen molar-refractivity contribution in [3.63, 3.8) is 0 Å². The molecule has 0 aliphatic heterocycles. The Hall–Kier alpha value is -3.34. The Morgan fingerprint density at radius 2 is 1.33 bits per heavy atom. The zero-order valence-corrected chi connectivity index (χ0v) is 13.5. The Kier molecular flexibility index (Phi) is 4.84. The molecule has 0 heterocycles. The van der Waals surface area contributed by atoms with E-state index >= 15 is 0 Å². The number of benzene rings is 1. The number of fused-ring (bicyclic) bond motifs is 8. The summed E-state index contributed by atoms with van der Waals surface area (Å²) in [5.74, 6) is 0. The van der Waals surface area contributed by atoms with E-state index < -0.39 is 10.8 Å². The van der Waals surface area contributed by atoms with Crippen molar-refractivity contribution in [1.82, 2.24) is 0 Å². The van der Waals surface area contributed by atoms with E-state index in [2.05, 4.69) is 24.3 Å². The lowest BCUT2D eigenvalue weighted by molar-refractivity contribution is 0.633. The third kappa shape index (κ3) is 2.92. The van der Waals surface area contributed by atoms with Gasteiger partial charge in [0.15, 0.2) is 10.8 Å². The van der Waals surface area contributed by atoms with E-state index in [1.165, 1.54) is 0 Å². The quantitative estimate of drug-likeness (QED) is 0.724. The molecule has 0 saturated carbocycles. The van der Waals surface area contributed by atoms with E-state index in [9.17, 15) is 21.0 Å². The maximum Gasteiger partial charge on any atom is 0.172 e. The predicted octanol–water partition coefficient (Wildman–Crippen LogP) is 3.94. The van der Waals surface area contributed by atoms with Crippen LogP contribution in [0, 0.1) is 45.3 Å². The zero-order valence-electron chi connectivity index (χ0n) is 13.5. The Balaban J connectivity index is 2.66. The standard InChI is InChI=1S/C20H16N4/c1-16-4-2-10-19(12-21,13-22)17-6-8-18(9-7-17)20(14-23,15-24)11-3-5-16/h2,4-9H,3,10-11H2,1H3/b4-2+,16-5-. The molecule has 0 N–H and O–H groups in total. The van der Waals surface area contributed by atoms with Crippen molar-refractivity contribution < 1.29 is 0 Å². The molecule has 0 radical (unpaired) electrons. The molecule has 1 aromatic carbocycles. The number of rotatable bonds is 0. The number of nitriles is 4. The van der Waals surface area contributed by atoms with Crippen molar-refractivity contribution >= 4 is 0 Å². The van der Waals surface area contributed by atoms with Crippen LogP contribution in [0.15, 0.2) is 48.1 Å². The van der Waals surface area contributed by atoms with Crippen LogP contribution in [0.25, 0.3) is 0 Å². The molecule has 3 rings (SSSR count). The van der Waals surface area contributed by atoms with Crippen molar-refractivity contribution in [2.24, 2.45) is 0 Å². The van der Waals surface area contributed by atoms with Crippen molar-refractivity contribution in [3.8, 4) is 24.3 Å². The maximum atomic E-state index is 9.57. The first kappa shape index (κ1) is 17.0. The van der Waals surface area contributed by atoms with Crippen molar-refractivity contribution in [2.75, 3.05) is 0 Å². The molecule has 24 heavy (non-hydrogen) atoms. The molecule has 2 bridgehead atoms. The summed E-state index contributed by atoms with van der Waals surface area (Å²) in [5.41, 5.74) is -0.349. The van der Waals surface area contributed by atoms with Crippen molar-refractivity contribution in [2.45, 2.75) is 37.0 Å². The molecular weight excluding hydrogens is 296 g/mol. The summed E-state index contributed by atoms with van der Waals surface area (Å²) in [6.45, 7) is 1.92. The summed E-state index contributed by atoms with van der Waals surface area (Å²) in [7, 11) is 0. The highest BCUT2D eigenvalue weighted by molar-refractivity contribution is 5.47. The van der Waals surface area contributed by atoms with Crippen LogP contribution in [0.4, 0.5) is 0 Å². The van der Waals surface area contributed by atoms with E-state index in [-0.39, 0.29) is 6.42 Å². The minimum absolute atomic E-state index is 0.284. The smallest absolute Gasteiger partial charge is 0.172 e. The third-order valence-electron chi connectivity index (χ3n) is 4.42. The summed E-state index contributed by atoms with van der Waals surface area (Å²) in [6, 6.07) is 15.2. The van der Waals surface area contributed by atoms with Gasteiger partial charge < -0.3 is 0 Å². The normalized spacial score (nSPS) is 21.8. The number of hydrogen-bond acceptors (Lipinski definition) is 4. The van der Waals surface area contributed by atoms with Crippen molar-refractivity contribution in [1.29, 1.82) is 21.0 Å². The highest BCUT2D eigenvalue weighted by Crippen LogP contribution is 2.33. The van der Waals surface area contributed by atoms with Crippen LogP contribution in [0.5, 0.6) is 0 Å². The summed E-state index contributed by atoms with van der Waals surface area (Å²) in [5, 5.41) is 38.3. The molecule has 0 unspecified atom stereocenters. The van der Waals surface area contributed by atoms with Gasteiger partial charge in [0.25, 0.3) is 0 Å². The molecule has 116 valence electrons. The largest absolute Gasteiger partial charge is 0.196 e. The van der Waals surface area contributed by atoms with Crippen LogP contribution in [0.1, 0.15) is 37.3 Å². The Bertz CT molecular complexity index is 817. The van der Waals surface area contributed by atoms with Gasteiger partial charge in [0, 0.05) is 6.42 Å². The summed E-state index contributed by atoms with van der Waals surface area (Å²) >= 11 is 0. The van der Waals surface area contributed by atoms with Gasteiger partial charge in [-0.25, -0.2) is 0 Å². The Morgan fingerprint density at radius 3 is 1.83 bits per heavy atom. The maximum absolute atomic E-state index is 9.57. The van der Waals surface area contributed by atoms with Gasteiger partial charge in [-0.3, -0.25) is 0 Å². The predicted molar refractivity (Wildman–Crippen MR) is 89.0 cm³/mol. The van der Waals surface area contributed by atoms with Crippen LogP contribution >= 0.6 is 0 Å². The molecule has 1 aromatic rings. The highest BCUT2D eigenvalue weighted by Gasteiger charge is 2.35. The first-order valence-corrected chi connectivity index (χ1v) is 7.65. The van der Waals surface area contributed by atoms with E-state index in [4.69, 9.17) is 0 Å². The Morgan fingerprint density at radius 1 is 0.833 bits per heavy atom. The molecule has 2 aliphatic carbocycles. The molecule has 0 aromatic heterocycles. The second kappa shape index (κ2) is 6.83. The summed E-state index contributed by atoms with van der Waals surface area (Å²) < 4.78 is 0. The van der Waals surface area contributed by atoms with Gasteiger partial charge in [-0.05, 0) is 30.9 Å². The molecule has 4 nitrogen and oxygen atoms in total. The van der Waals surface area contributed by atoms with E-state index in [0.717, 1.165) is 5.57 Å². The average Bonchev–Trinajstić information content (AvgIpc) is 2.64. The fourth-order valence-electron chi connectivity index (χ4n) is 2.82. The van der Waals surface area contributed by atoms with Gasteiger partial charge in [0.05, 0.1) is 24.3 Å². The minimum atomic E-state index is -1.27. The first-order chi connectivity index (χ1) is 11.6. The van der Waals surface area contributed by atoms with Gasteiger partial charge in [-0.2, -0.15) is 21.0 Å². The number of nitrogens with zero attached hydrogens (tertiary/aromatic N) is 4. The lowest BCUT2D eigenvalue weighted by atomic mass is 9.76. The molecule has 4 heteroatoms. The fourth-order valence-corrected chi connectivity index (χ4v) is 2.82. The van der Waals surface area contributed by atoms with Crippen LogP contribution in [-0.2, 0) is 10.8 Å².